The fourth-order valence-electron chi connectivity index (χ4n) is 19.7. The van der Waals surface area contributed by atoms with Gasteiger partial charge in [-0.25, -0.2) is 55.4 Å². The van der Waals surface area contributed by atoms with E-state index < -0.39 is 155 Å². The van der Waals surface area contributed by atoms with Crippen LogP contribution in [0.25, 0.3) is 65.1 Å². The first-order chi connectivity index (χ1) is 66.8. The maximum absolute atomic E-state index is 16.0. The van der Waals surface area contributed by atoms with E-state index in [9.17, 15) is 60.9 Å². The summed E-state index contributed by atoms with van der Waals surface area (Å²) in [6.07, 6.45) is 3.10. The number of hydrogen-bond donors (Lipinski definition) is 1. The van der Waals surface area contributed by atoms with Gasteiger partial charge in [-0.2, -0.15) is 5.09 Å². The first-order valence-corrected chi connectivity index (χ1v) is 47.7. The fourth-order valence-corrected chi connectivity index (χ4v) is 24.0. The van der Waals surface area contributed by atoms with E-state index in [2.05, 4.69) is 20.0 Å². The standard InChI is InChI=1S/C33H30F2N5O8PS.2C31H22F2N4O6S/c1-3-47-49(44,37-33(11-12-33)32(43)45-2)48-29-22(41)10-13-39-28(29)31(42)38-14-15-46-16-23(38)40(39)27-18-6-4-5-7-19(18)30-26(36-17-50-30)24-20(27)8-9-21(34)25(24)35;2*1-15-12-22(43-31(15)40)42-28-20(38)8-9-36-27(28)30(39)35-10-11-41-13-21(35)37(36)26-16-4-2-3-5-17(16)29-25(34-14-44-29)23-18(26)6-7-19(32)24(23)33/h4-10,13,17,23,27H,3,11-12,14-16H2,1-2H3,(H,37,44);2*2-9,12,14,21-22,26H,10-11,13H2,1H3/t23-,27-,49?;2*21-,22?,26-/m111/s1. The van der Waals surface area contributed by atoms with Crippen molar-refractivity contribution in [2.75, 3.05) is 88.0 Å². The van der Waals surface area contributed by atoms with Crippen LogP contribution in [0.3, 0.4) is 0 Å². The van der Waals surface area contributed by atoms with Crippen LogP contribution in [0, 0.1) is 34.9 Å². The Balaban J connectivity index is 0.000000120. The molecule has 4 aliphatic carbocycles. The Morgan fingerprint density at radius 1 is 0.471 bits per heavy atom. The van der Waals surface area contributed by atoms with Crippen molar-refractivity contribution >= 4 is 77.4 Å². The Morgan fingerprint density at radius 2 is 0.812 bits per heavy atom. The van der Waals surface area contributed by atoms with Crippen molar-refractivity contribution in [3.8, 4) is 82.3 Å². The van der Waals surface area contributed by atoms with Gasteiger partial charge in [-0.15, -0.1) is 34.0 Å². The molecule has 0 bridgehead atoms. The second-order valence-electron chi connectivity index (χ2n) is 33.6. The minimum Gasteiger partial charge on any atom is -0.468 e. The number of cyclic esters (lactones) is 2. The smallest absolute Gasteiger partial charge is 0.459 e. The fraction of sp³-hybridized carbons (Fsp3) is 0.263. The maximum atomic E-state index is 16.0. The number of fused-ring (bicyclic) bond motifs is 21. The molecule has 6 aromatic heterocycles. The Bertz CT molecular complexity index is 7250. The molecule has 33 nitrogen and oxygen atoms in total. The van der Waals surface area contributed by atoms with E-state index in [1.165, 1.54) is 121 Å². The number of thiazole rings is 3. The molecule has 24 rings (SSSR count). The van der Waals surface area contributed by atoms with E-state index in [-0.39, 0.29) is 130 Å². The molecule has 704 valence electrons. The van der Waals surface area contributed by atoms with E-state index >= 15 is 13.2 Å². The third-order valence-electron chi connectivity index (χ3n) is 26.0. The number of aromatic nitrogens is 6. The first-order valence-electron chi connectivity index (χ1n) is 43.5. The number of benzene rings is 6. The van der Waals surface area contributed by atoms with Gasteiger partial charge in [0.1, 0.15) is 24.0 Å². The quantitative estimate of drug-likeness (QED) is 0.0457. The van der Waals surface area contributed by atoms with Crippen LogP contribution in [0.1, 0.15) is 117 Å². The molecule has 12 aromatic rings. The highest BCUT2D eigenvalue weighted by atomic mass is 32.1. The third-order valence-corrected chi connectivity index (χ3v) is 30.3. The molecule has 43 heteroatoms. The average Bonchev–Trinajstić information content (AvgIpc) is 1.33. The monoisotopic (exact) mass is 1960 g/mol. The lowest BCUT2D eigenvalue weighted by atomic mass is 9.92. The molecule has 8 aliphatic heterocycles. The lowest BCUT2D eigenvalue weighted by Gasteiger charge is -2.51. The Morgan fingerprint density at radius 3 is 1.14 bits per heavy atom. The first kappa shape index (κ1) is 89.0. The highest BCUT2D eigenvalue weighted by Gasteiger charge is 2.58. The van der Waals surface area contributed by atoms with Gasteiger partial charge in [-0.3, -0.25) is 67.1 Å². The molecule has 6 aromatic carbocycles. The number of carbonyl (C=O) groups is 6. The maximum Gasteiger partial charge on any atom is 0.459 e. The van der Waals surface area contributed by atoms with Crippen molar-refractivity contribution < 1.29 is 107 Å². The number of esters is 3. The van der Waals surface area contributed by atoms with E-state index in [1.54, 1.807) is 52.1 Å². The molecule has 138 heavy (non-hydrogen) atoms. The molecule has 3 saturated heterocycles. The summed E-state index contributed by atoms with van der Waals surface area (Å²) >= 11 is 3.92. The van der Waals surface area contributed by atoms with Crippen LogP contribution in [0.5, 0.6) is 17.2 Å². The zero-order chi connectivity index (χ0) is 95.5. The predicted molar refractivity (Wildman–Crippen MR) is 483 cm³/mol. The van der Waals surface area contributed by atoms with Gasteiger partial charge in [0.25, 0.3) is 30.3 Å². The topological polar surface area (TPSA) is 348 Å². The van der Waals surface area contributed by atoms with Crippen LogP contribution < -0.4 is 50.4 Å². The molecule has 3 unspecified atom stereocenters. The average molecular weight is 1960 g/mol. The number of nitrogens with one attached hydrogen (secondary N) is 1. The molecular weight excluding hydrogens is 1880 g/mol. The molecule has 14 heterocycles. The van der Waals surface area contributed by atoms with Gasteiger partial charge in [0, 0.05) is 96.4 Å². The summed E-state index contributed by atoms with van der Waals surface area (Å²) in [7, 11) is -3.29. The van der Waals surface area contributed by atoms with Gasteiger partial charge in [-0.05, 0) is 102 Å². The van der Waals surface area contributed by atoms with Gasteiger partial charge in [0.2, 0.25) is 33.5 Å². The van der Waals surface area contributed by atoms with E-state index in [1.807, 2.05) is 82.8 Å². The number of carbonyl (C=O) groups excluding carboxylic acids is 6. The lowest BCUT2D eigenvalue weighted by molar-refractivity contribution is -0.149. The minimum absolute atomic E-state index is 0.0141. The SMILES string of the molecule is CC1=CC(Oc2c3n(ccc2=O)N([C@@H]2c4ccccc4-c4scnc4-c4c2ccc(F)c4F)[C@@H]2COCCN2C3=O)OC1=O.CC1=CC(Oc2c3n(ccc2=O)N([C@@H]2c4ccccc4-c4scnc4-c4c2ccc(F)c4F)[C@@H]2COCCN2C3=O)OC1=O.CCOP(=O)(NC1(C(=O)OC)CC1)Oc1c2n(ccc1=O)N([C@@H]1c3ccccc3-c3scnc3-c3c1ccc(F)c3F)[C@@H]1COCCN1C2=O. The van der Waals surface area contributed by atoms with Crippen LogP contribution in [0.2, 0.25) is 0 Å². The molecule has 1 N–H and O–H groups in total. The lowest BCUT2D eigenvalue weighted by Crippen LogP contribution is -2.66. The summed E-state index contributed by atoms with van der Waals surface area (Å²) in [6.45, 7) is 6.00. The Hall–Kier alpha value is -14.2. The van der Waals surface area contributed by atoms with Gasteiger partial charge < -0.3 is 57.1 Å². The van der Waals surface area contributed by atoms with Crippen LogP contribution in [0.4, 0.5) is 26.3 Å². The summed E-state index contributed by atoms with van der Waals surface area (Å²) in [6, 6.07) is 31.3. The van der Waals surface area contributed by atoms with E-state index in [0.717, 1.165) is 46.5 Å². The third kappa shape index (κ3) is 14.4. The molecule has 0 radical (unpaired) electrons. The number of rotatable bonds is 14. The van der Waals surface area contributed by atoms with Gasteiger partial charge in [0.15, 0.2) is 52.0 Å². The van der Waals surface area contributed by atoms with Crippen LogP contribution >= 0.6 is 41.8 Å². The number of halogens is 6. The number of methoxy groups -OCH3 is 1. The number of pyridine rings is 3. The second-order valence-corrected chi connectivity index (χ2v) is 37.8. The summed E-state index contributed by atoms with van der Waals surface area (Å²) in [5.74, 6) is -10.9. The van der Waals surface area contributed by atoms with Crippen LogP contribution in [-0.2, 0) is 51.9 Å². The van der Waals surface area contributed by atoms with Crippen molar-refractivity contribution in [1.82, 2.24) is 48.8 Å². The number of hydrogen-bond acceptors (Lipinski definition) is 29. The number of morpholine rings is 3. The normalized spacial score (nSPS) is 21.5. The molecule has 1 saturated carbocycles. The highest BCUT2D eigenvalue weighted by molar-refractivity contribution is 7.52. The number of nitrogens with zero attached hydrogens (tertiary/aromatic N) is 12. The minimum atomic E-state index is -4.49. The van der Waals surface area contributed by atoms with Crippen LogP contribution in [0.15, 0.2) is 200 Å². The van der Waals surface area contributed by atoms with Crippen molar-refractivity contribution in [2.24, 2.45) is 0 Å². The van der Waals surface area contributed by atoms with E-state index in [0.29, 0.717) is 65.0 Å². The largest absolute Gasteiger partial charge is 0.468 e. The van der Waals surface area contributed by atoms with Crippen molar-refractivity contribution in [2.45, 2.75) is 88.4 Å². The number of amides is 3. The van der Waals surface area contributed by atoms with Gasteiger partial charge >= 0.3 is 25.7 Å². The zero-order valence-corrected chi connectivity index (χ0v) is 76.2. The molecule has 3 amide bonds. The Kier molecular flexibility index (Phi) is 22.2. The van der Waals surface area contributed by atoms with Crippen molar-refractivity contribution in [3.63, 3.8) is 0 Å². The summed E-state index contributed by atoms with van der Waals surface area (Å²) < 4.78 is 167. The summed E-state index contributed by atoms with van der Waals surface area (Å²) in [5.41, 5.74) is 8.12. The molecule has 0 spiro atoms. The summed E-state index contributed by atoms with van der Waals surface area (Å²) in [4.78, 5) is 139. The van der Waals surface area contributed by atoms with E-state index in [4.69, 9.17) is 46.9 Å². The van der Waals surface area contributed by atoms with Gasteiger partial charge in [0.05, 0.1) is 120 Å². The zero-order valence-electron chi connectivity index (χ0n) is 72.8. The number of ether oxygens (including phenoxy) is 8. The van der Waals surface area contributed by atoms with Crippen LogP contribution in [-0.4, -0.2) is 189 Å². The summed E-state index contributed by atoms with van der Waals surface area (Å²) in [5, 5.41) is 8.07. The second kappa shape index (κ2) is 34.5. The molecule has 9 atom stereocenters. The van der Waals surface area contributed by atoms with Crippen molar-refractivity contribution in [1.29, 1.82) is 0 Å². The van der Waals surface area contributed by atoms with Crippen molar-refractivity contribution in [3.05, 3.63) is 302 Å². The molecular formula is C95H74F6N13O20PS3. The molecule has 12 aliphatic rings. The van der Waals surface area contributed by atoms with Gasteiger partial charge in [-0.1, -0.05) is 91.0 Å². The molecule has 4 fully saturated rings. The predicted octanol–water partition coefficient (Wildman–Crippen LogP) is 12.5. The Labute approximate surface area is 788 Å². The highest BCUT2D eigenvalue weighted by Crippen LogP contribution is 2.57.